The smallest absolute Gasteiger partial charge is 0.0334 e. The molecule has 1 aliphatic rings. The summed E-state index contributed by atoms with van der Waals surface area (Å²) >= 11 is 0. The third-order valence-corrected chi connectivity index (χ3v) is 3.19. The highest BCUT2D eigenvalue weighted by atomic mass is 14.8. The van der Waals surface area contributed by atoms with Gasteiger partial charge in [0.15, 0.2) is 0 Å². The van der Waals surface area contributed by atoms with E-state index in [-0.39, 0.29) is 5.41 Å². The zero-order valence-electron chi connectivity index (χ0n) is 12.5. The molecular formula is C17H27N. The Hall–Kier alpha value is -1.24. The van der Waals surface area contributed by atoms with Gasteiger partial charge >= 0.3 is 0 Å². The Bertz CT molecular complexity index is 386. The second kappa shape index (κ2) is 6.63. The van der Waals surface area contributed by atoms with Gasteiger partial charge in [-0.25, -0.2) is 0 Å². The van der Waals surface area contributed by atoms with Gasteiger partial charge in [0.2, 0.25) is 0 Å². The topological polar surface area (TPSA) is 12.0 Å². The Kier molecular flexibility index (Phi) is 5.46. The molecule has 0 aromatic rings. The first kappa shape index (κ1) is 14.8. The van der Waals surface area contributed by atoms with Gasteiger partial charge in [0.1, 0.15) is 0 Å². The van der Waals surface area contributed by atoms with Crippen molar-refractivity contribution in [3.63, 3.8) is 0 Å². The minimum atomic E-state index is 0.186. The van der Waals surface area contributed by atoms with Crippen LogP contribution in [0.3, 0.4) is 0 Å². The number of nitrogens with one attached hydrogen (secondary N) is 1. The minimum Gasteiger partial charge on any atom is -0.388 e. The van der Waals surface area contributed by atoms with Crippen LogP contribution in [0.1, 0.15) is 47.0 Å². The van der Waals surface area contributed by atoms with E-state index in [1.165, 1.54) is 16.8 Å². The Labute approximate surface area is 112 Å². The molecule has 0 spiro atoms. The number of likely N-dealkylation sites (N-methyl/N-ethyl adjacent to an activating group) is 1. The summed E-state index contributed by atoms with van der Waals surface area (Å²) < 4.78 is 0. The molecule has 1 N–H and O–H groups in total. The molecule has 0 aromatic heterocycles. The number of allylic oxidation sites excluding steroid dienone is 7. The van der Waals surface area contributed by atoms with Crippen molar-refractivity contribution in [3.05, 3.63) is 47.2 Å². The summed E-state index contributed by atoms with van der Waals surface area (Å²) in [5.41, 5.74) is 4.23. The van der Waals surface area contributed by atoms with Crippen LogP contribution in [0.15, 0.2) is 47.2 Å². The highest BCUT2D eigenvalue weighted by molar-refractivity contribution is 5.35. The van der Waals surface area contributed by atoms with Gasteiger partial charge in [-0.2, -0.15) is 0 Å². The van der Waals surface area contributed by atoms with Crippen molar-refractivity contribution < 1.29 is 0 Å². The molecule has 0 heterocycles. The van der Waals surface area contributed by atoms with Crippen LogP contribution in [0.4, 0.5) is 0 Å². The summed E-state index contributed by atoms with van der Waals surface area (Å²) in [6.07, 6.45) is 14.7. The van der Waals surface area contributed by atoms with Crippen molar-refractivity contribution in [2.75, 3.05) is 7.05 Å². The average molecular weight is 245 g/mol. The molecule has 0 saturated carbocycles. The fraction of sp³-hybridized carbons (Fsp3) is 0.529. The lowest BCUT2D eigenvalue weighted by Gasteiger charge is -2.26. The van der Waals surface area contributed by atoms with Crippen LogP contribution < -0.4 is 5.32 Å². The molecule has 0 bridgehead atoms. The predicted octanol–water partition coefficient (Wildman–Crippen LogP) is 4.75. The Morgan fingerprint density at radius 3 is 2.39 bits per heavy atom. The standard InChI is InChI=1S/C17H27N/c1-14-10-7-6-8-12-15(17(2,3)4)16(18-5)13-9-11-14/h7,10-13,18H,6,8-9H2,1-5H3/b10-7-,14-11+,15-12-,16-13-. The lowest BCUT2D eigenvalue weighted by Crippen LogP contribution is -2.19. The molecule has 0 atom stereocenters. The summed E-state index contributed by atoms with van der Waals surface area (Å²) in [4.78, 5) is 0. The van der Waals surface area contributed by atoms with Crippen molar-refractivity contribution >= 4 is 0 Å². The van der Waals surface area contributed by atoms with Gasteiger partial charge in [0, 0.05) is 12.7 Å². The second-order valence-corrected chi connectivity index (χ2v) is 5.90. The highest BCUT2D eigenvalue weighted by Gasteiger charge is 2.19. The maximum Gasteiger partial charge on any atom is 0.0334 e. The monoisotopic (exact) mass is 245 g/mol. The third-order valence-electron chi connectivity index (χ3n) is 3.19. The Balaban J connectivity index is 3.08. The molecule has 0 aromatic carbocycles. The zero-order chi connectivity index (χ0) is 13.6. The van der Waals surface area contributed by atoms with E-state index in [0.29, 0.717) is 0 Å². The van der Waals surface area contributed by atoms with Crippen LogP contribution in [0.25, 0.3) is 0 Å². The largest absolute Gasteiger partial charge is 0.388 e. The fourth-order valence-corrected chi connectivity index (χ4v) is 2.19. The van der Waals surface area contributed by atoms with Gasteiger partial charge in [0.05, 0.1) is 0 Å². The van der Waals surface area contributed by atoms with Gasteiger partial charge in [-0.3, -0.25) is 0 Å². The minimum absolute atomic E-state index is 0.186. The van der Waals surface area contributed by atoms with Crippen molar-refractivity contribution in [2.45, 2.75) is 47.0 Å². The molecule has 100 valence electrons. The molecule has 18 heavy (non-hydrogen) atoms. The van der Waals surface area contributed by atoms with E-state index < -0.39 is 0 Å². The molecule has 1 nitrogen and oxygen atoms in total. The second-order valence-electron chi connectivity index (χ2n) is 5.90. The molecule has 0 fully saturated rings. The molecule has 1 rings (SSSR count). The van der Waals surface area contributed by atoms with E-state index >= 15 is 0 Å². The van der Waals surface area contributed by atoms with Crippen LogP contribution in [-0.4, -0.2) is 7.05 Å². The molecule has 1 heteroatoms. The van der Waals surface area contributed by atoms with Crippen LogP contribution >= 0.6 is 0 Å². The number of rotatable bonds is 1. The summed E-state index contributed by atoms with van der Waals surface area (Å²) in [5, 5.41) is 3.35. The van der Waals surface area contributed by atoms with Crippen molar-refractivity contribution in [2.24, 2.45) is 5.41 Å². The molecule has 0 amide bonds. The quantitative estimate of drug-likeness (QED) is 0.703. The van der Waals surface area contributed by atoms with Crippen LogP contribution in [-0.2, 0) is 0 Å². The highest BCUT2D eigenvalue weighted by Crippen LogP contribution is 2.31. The summed E-state index contributed by atoms with van der Waals surface area (Å²) in [6.45, 7) is 9.00. The van der Waals surface area contributed by atoms with E-state index in [2.05, 4.69) is 63.4 Å². The molecule has 0 radical (unpaired) electrons. The zero-order valence-corrected chi connectivity index (χ0v) is 12.5. The van der Waals surface area contributed by atoms with Crippen molar-refractivity contribution in [1.29, 1.82) is 0 Å². The Morgan fingerprint density at radius 2 is 1.78 bits per heavy atom. The van der Waals surface area contributed by atoms with Crippen molar-refractivity contribution in [3.8, 4) is 0 Å². The number of hydrogen-bond acceptors (Lipinski definition) is 1. The maximum absolute atomic E-state index is 3.35. The summed E-state index contributed by atoms with van der Waals surface area (Å²) in [7, 11) is 2.01. The first-order chi connectivity index (χ1) is 8.45. The number of hydrogen-bond donors (Lipinski definition) is 1. The summed E-state index contributed by atoms with van der Waals surface area (Å²) in [6, 6.07) is 0. The molecule has 0 saturated heterocycles. The normalized spacial score (nSPS) is 28.8. The molecular weight excluding hydrogens is 218 g/mol. The van der Waals surface area contributed by atoms with Gasteiger partial charge < -0.3 is 5.32 Å². The summed E-state index contributed by atoms with van der Waals surface area (Å²) in [5.74, 6) is 0. The van der Waals surface area contributed by atoms with Gasteiger partial charge in [-0.15, -0.1) is 0 Å². The lowest BCUT2D eigenvalue weighted by molar-refractivity contribution is 0.501. The first-order valence-electron chi connectivity index (χ1n) is 6.87. The van der Waals surface area contributed by atoms with E-state index in [0.717, 1.165) is 19.3 Å². The lowest BCUT2D eigenvalue weighted by atomic mass is 9.83. The Morgan fingerprint density at radius 1 is 1.06 bits per heavy atom. The maximum atomic E-state index is 3.35. The molecule has 0 aliphatic heterocycles. The van der Waals surface area contributed by atoms with E-state index in [9.17, 15) is 0 Å². The van der Waals surface area contributed by atoms with E-state index in [1.807, 2.05) is 7.05 Å². The van der Waals surface area contributed by atoms with Crippen molar-refractivity contribution in [1.82, 2.24) is 5.32 Å². The molecule has 0 unspecified atom stereocenters. The van der Waals surface area contributed by atoms with Gasteiger partial charge in [0.25, 0.3) is 0 Å². The van der Waals surface area contributed by atoms with E-state index in [1.54, 1.807) is 0 Å². The molecule has 1 aliphatic carbocycles. The van der Waals surface area contributed by atoms with Crippen LogP contribution in [0, 0.1) is 5.41 Å². The fourth-order valence-electron chi connectivity index (χ4n) is 2.19. The first-order valence-corrected chi connectivity index (χ1v) is 6.87. The van der Waals surface area contributed by atoms with E-state index in [4.69, 9.17) is 0 Å². The van der Waals surface area contributed by atoms with Gasteiger partial charge in [-0.05, 0) is 37.2 Å². The predicted molar refractivity (Wildman–Crippen MR) is 81.4 cm³/mol. The van der Waals surface area contributed by atoms with Crippen LogP contribution in [0.2, 0.25) is 0 Å². The third kappa shape index (κ3) is 4.56. The SMILES string of the molecule is CNC1=C\C/C=C(C)/C=C\CC\C=C\1C(C)(C)C. The van der Waals surface area contributed by atoms with Crippen LogP contribution in [0.5, 0.6) is 0 Å². The van der Waals surface area contributed by atoms with Gasteiger partial charge in [-0.1, -0.05) is 56.7 Å². The average Bonchev–Trinajstić information content (AvgIpc) is 2.32.